The van der Waals surface area contributed by atoms with E-state index in [-0.39, 0.29) is 35.7 Å². The van der Waals surface area contributed by atoms with Gasteiger partial charge in [0, 0.05) is 43.2 Å². The average molecular weight is 625 g/mol. The van der Waals surface area contributed by atoms with Crippen molar-refractivity contribution < 1.29 is 40.3 Å². The number of fused-ring (bicyclic) bond motifs is 1. The summed E-state index contributed by atoms with van der Waals surface area (Å²) in [5.41, 5.74) is -0.484. The van der Waals surface area contributed by atoms with E-state index < -0.39 is 47.4 Å². The Morgan fingerprint density at radius 1 is 0.909 bits per heavy atom. The molecule has 3 heterocycles. The molecule has 1 fully saturated rings. The molecule has 0 bridgehead atoms. The van der Waals surface area contributed by atoms with Crippen LogP contribution in [0.3, 0.4) is 0 Å². The van der Waals surface area contributed by atoms with Gasteiger partial charge in [0.15, 0.2) is 0 Å². The zero-order valence-corrected chi connectivity index (χ0v) is 24.9. The van der Waals surface area contributed by atoms with Gasteiger partial charge in [-0.25, -0.2) is 4.39 Å². The molecule has 3 aliphatic rings. The van der Waals surface area contributed by atoms with Gasteiger partial charge < -0.3 is 9.64 Å². The number of rotatable bonds is 5. The van der Waals surface area contributed by atoms with Crippen molar-refractivity contribution in [3.05, 3.63) is 93.8 Å². The predicted octanol–water partition coefficient (Wildman–Crippen LogP) is 8.06. The van der Waals surface area contributed by atoms with E-state index >= 15 is 0 Å². The summed E-state index contributed by atoms with van der Waals surface area (Å²) in [6.07, 6.45) is -6.92. The van der Waals surface area contributed by atoms with E-state index in [0.29, 0.717) is 24.1 Å². The number of benzene rings is 2. The third kappa shape index (κ3) is 6.73. The Bertz CT molecular complexity index is 1420. The Kier molecular flexibility index (Phi) is 8.52. The topological polar surface area (TPSA) is 32.8 Å². The fraction of sp³-hybridized carbons (Fsp3) is 0.485. The summed E-state index contributed by atoms with van der Waals surface area (Å²) >= 11 is 0. The van der Waals surface area contributed by atoms with Crippen LogP contribution in [-0.2, 0) is 21.9 Å². The number of alkyl halides is 6. The van der Waals surface area contributed by atoms with Crippen LogP contribution >= 0.6 is 0 Å². The molecule has 5 rings (SSSR count). The smallest absolute Gasteiger partial charge is 0.368 e. The summed E-state index contributed by atoms with van der Waals surface area (Å²) in [5.74, 6) is -1.19. The molecule has 2 aromatic carbocycles. The van der Waals surface area contributed by atoms with E-state index in [9.17, 15) is 35.5 Å². The van der Waals surface area contributed by atoms with Crippen molar-refractivity contribution in [1.82, 2.24) is 9.80 Å². The van der Waals surface area contributed by atoms with Gasteiger partial charge in [0.05, 0.1) is 23.3 Å². The summed E-state index contributed by atoms with van der Waals surface area (Å²) < 4.78 is 101. The van der Waals surface area contributed by atoms with Crippen LogP contribution in [0.15, 0.2) is 65.8 Å². The number of carbonyl (C=O) groups excluding carboxylic acids is 1. The summed E-state index contributed by atoms with van der Waals surface area (Å²) in [6, 6.07) is 6.76. The fourth-order valence-electron chi connectivity index (χ4n) is 6.49. The van der Waals surface area contributed by atoms with Gasteiger partial charge in [-0.2, -0.15) is 26.3 Å². The van der Waals surface area contributed by atoms with Crippen LogP contribution in [0.5, 0.6) is 0 Å². The van der Waals surface area contributed by atoms with Crippen molar-refractivity contribution in [2.24, 2.45) is 0 Å². The Balaban J connectivity index is 1.45. The zero-order valence-electron chi connectivity index (χ0n) is 24.9. The van der Waals surface area contributed by atoms with Gasteiger partial charge in [-0.05, 0) is 93.1 Å². The van der Waals surface area contributed by atoms with Gasteiger partial charge in [0.25, 0.3) is 0 Å². The van der Waals surface area contributed by atoms with E-state index in [4.69, 9.17) is 4.74 Å². The lowest BCUT2D eigenvalue weighted by atomic mass is 9.82. The number of halogens is 7. The molecule has 1 amide bonds. The first-order valence-electron chi connectivity index (χ1n) is 14.6. The van der Waals surface area contributed by atoms with Crippen molar-refractivity contribution in [3.8, 4) is 0 Å². The summed E-state index contributed by atoms with van der Waals surface area (Å²) in [5, 5.41) is 0. The van der Waals surface area contributed by atoms with Crippen molar-refractivity contribution in [1.29, 1.82) is 0 Å². The van der Waals surface area contributed by atoms with E-state index in [1.54, 1.807) is 23.1 Å². The molecule has 44 heavy (non-hydrogen) atoms. The first-order chi connectivity index (χ1) is 20.4. The van der Waals surface area contributed by atoms with Crippen molar-refractivity contribution in [2.75, 3.05) is 19.6 Å². The number of hydrogen-bond acceptors (Lipinski definition) is 3. The molecule has 1 saturated heterocycles. The highest BCUT2D eigenvalue weighted by Crippen LogP contribution is 2.45. The molecule has 11 heteroatoms. The minimum atomic E-state index is -4.99. The van der Waals surface area contributed by atoms with Gasteiger partial charge in [0.1, 0.15) is 5.82 Å². The maximum atomic E-state index is 13.9. The molecule has 4 atom stereocenters. The third-order valence-corrected chi connectivity index (χ3v) is 8.89. The quantitative estimate of drug-likeness (QED) is 0.316. The molecule has 238 valence electrons. The molecular weight excluding hydrogens is 589 g/mol. The van der Waals surface area contributed by atoms with Gasteiger partial charge in [-0.1, -0.05) is 18.2 Å². The van der Waals surface area contributed by atoms with Gasteiger partial charge in [0.2, 0.25) is 5.91 Å². The highest BCUT2D eigenvalue weighted by molar-refractivity contribution is 5.91. The van der Waals surface area contributed by atoms with Crippen molar-refractivity contribution >= 4 is 5.91 Å². The number of ether oxygens (including phenoxy) is 1. The number of hydrogen-bond donors (Lipinski definition) is 0. The van der Waals surface area contributed by atoms with E-state index in [1.165, 1.54) is 19.1 Å². The molecule has 0 N–H and O–H groups in total. The number of carbonyl (C=O) groups is 1. The standard InChI is InChI=1S/C33H35F7N2O2/c1-19(22-13-24(32(35,36)37)17-25(14-22)33(38,39)40)44-28-18-42-27(30(28)21-5-7-26(34)8-6-21)15-23(16-29(42)43)20-9-11-41(12-10-20)31(2,3)4/h5-9,13-14,16-17,19,27-28,30H,10-12,15,18H2,1-4H3/t19-,27+,28+,30?/m1/s1. The minimum Gasteiger partial charge on any atom is -0.368 e. The van der Waals surface area contributed by atoms with Gasteiger partial charge in [-0.15, -0.1) is 0 Å². The highest BCUT2D eigenvalue weighted by atomic mass is 19.4. The second-order valence-corrected chi connectivity index (χ2v) is 12.8. The number of amides is 1. The first kappa shape index (κ1) is 32.2. The van der Waals surface area contributed by atoms with E-state index in [1.807, 2.05) is 0 Å². The lowest BCUT2D eigenvalue weighted by molar-refractivity contribution is -0.143. The van der Waals surface area contributed by atoms with Crippen molar-refractivity contribution in [2.45, 2.75) is 82.6 Å². The largest absolute Gasteiger partial charge is 0.416 e. The van der Waals surface area contributed by atoms with E-state index in [2.05, 4.69) is 31.7 Å². The molecule has 0 radical (unpaired) electrons. The van der Waals surface area contributed by atoms with Crippen LogP contribution < -0.4 is 0 Å². The molecule has 0 aromatic heterocycles. The summed E-state index contributed by atoms with van der Waals surface area (Å²) in [4.78, 5) is 17.4. The predicted molar refractivity (Wildman–Crippen MR) is 151 cm³/mol. The molecule has 1 unspecified atom stereocenters. The van der Waals surface area contributed by atoms with Gasteiger partial charge >= 0.3 is 12.4 Å². The summed E-state index contributed by atoms with van der Waals surface area (Å²) in [6.45, 7) is 9.47. The Morgan fingerprint density at radius 2 is 1.52 bits per heavy atom. The monoisotopic (exact) mass is 624 g/mol. The molecule has 0 spiro atoms. The lowest BCUT2D eigenvalue weighted by Gasteiger charge is -2.39. The molecule has 3 aliphatic heterocycles. The fourth-order valence-corrected chi connectivity index (χ4v) is 6.49. The highest BCUT2D eigenvalue weighted by Gasteiger charge is 2.48. The molecule has 0 saturated carbocycles. The Labute approximate surface area is 252 Å². The molecule has 0 aliphatic carbocycles. The van der Waals surface area contributed by atoms with Crippen LogP contribution in [0.1, 0.15) is 74.8 Å². The Hall–Kier alpha value is -3.18. The molecule has 4 nitrogen and oxygen atoms in total. The van der Waals surface area contributed by atoms with Crippen LogP contribution in [0.25, 0.3) is 0 Å². The first-order valence-corrected chi connectivity index (χ1v) is 14.6. The van der Waals surface area contributed by atoms with Crippen LogP contribution in [0, 0.1) is 5.82 Å². The molecular formula is C33H35F7N2O2. The van der Waals surface area contributed by atoms with Gasteiger partial charge in [-0.3, -0.25) is 9.69 Å². The second kappa shape index (κ2) is 11.6. The van der Waals surface area contributed by atoms with Crippen molar-refractivity contribution in [3.63, 3.8) is 0 Å². The molecule has 2 aromatic rings. The van der Waals surface area contributed by atoms with Crippen LogP contribution in [0.2, 0.25) is 0 Å². The summed E-state index contributed by atoms with van der Waals surface area (Å²) in [7, 11) is 0. The third-order valence-electron chi connectivity index (χ3n) is 8.89. The normalized spacial score (nSPS) is 24.2. The number of nitrogens with zero attached hydrogens (tertiary/aromatic N) is 2. The zero-order chi connectivity index (χ0) is 32.2. The van der Waals surface area contributed by atoms with Crippen LogP contribution in [-0.4, -0.2) is 53.0 Å². The van der Waals surface area contributed by atoms with Crippen LogP contribution in [0.4, 0.5) is 30.7 Å². The SMILES string of the molecule is C[C@@H](O[C@H]1CN2C(=O)C=C(C3=CCN(C(C)(C)C)CC3)C[C@H]2C1c1ccc(F)cc1)c1cc(C(F)(F)F)cc(C(F)(F)F)c1. The Morgan fingerprint density at radius 3 is 2.05 bits per heavy atom. The van der Waals surface area contributed by atoms with E-state index in [0.717, 1.165) is 30.7 Å². The second-order valence-electron chi connectivity index (χ2n) is 12.8. The maximum Gasteiger partial charge on any atom is 0.416 e. The lowest BCUT2D eigenvalue weighted by Crippen LogP contribution is -2.44. The average Bonchev–Trinajstić information content (AvgIpc) is 3.30. The maximum absolute atomic E-state index is 13.9. The minimum absolute atomic E-state index is 0.00351.